The Bertz CT molecular complexity index is 528. The largest absolute Gasteiger partial charge is 0.324 e. The van der Waals surface area contributed by atoms with Crippen LogP contribution in [-0.2, 0) is 10.2 Å². The molecule has 20 heavy (non-hydrogen) atoms. The molecule has 3 heterocycles. The van der Waals surface area contributed by atoms with Crippen molar-refractivity contribution >= 4 is 11.6 Å². The van der Waals surface area contributed by atoms with Gasteiger partial charge in [0.1, 0.15) is 0 Å². The number of rotatable bonds is 1. The highest BCUT2D eigenvalue weighted by molar-refractivity contribution is 6.05. The number of hydrogen-bond donors (Lipinski definition) is 1. The quantitative estimate of drug-likeness (QED) is 0.852. The Labute approximate surface area is 119 Å². The third-order valence-corrected chi connectivity index (χ3v) is 5.41. The predicted octanol–water partition coefficient (Wildman–Crippen LogP) is 2.31. The highest BCUT2D eigenvalue weighted by Gasteiger charge is 2.50. The maximum absolute atomic E-state index is 12.5. The summed E-state index contributed by atoms with van der Waals surface area (Å²) in [5.41, 5.74) is 1.58. The molecular weight excluding hydrogens is 250 g/mol. The van der Waals surface area contributed by atoms with E-state index in [9.17, 15) is 4.79 Å². The first-order valence-electron chi connectivity index (χ1n) is 7.81. The molecule has 3 aliphatic rings. The van der Waals surface area contributed by atoms with Crippen LogP contribution in [-0.4, -0.2) is 34.9 Å². The van der Waals surface area contributed by atoms with E-state index in [0.717, 1.165) is 37.1 Å². The van der Waals surface area contributed by atoms with Crippen LogP contribution in [0.25, 0.3) is 0 Å². The number of aromatic nitrogens is 1. The summed E-state index contributed by atoms with van der Waals surface area (Å²) in [6, 6.07) is 4.55. The minimum absolute atomic E-state index is 0.172. The minimum atomic E-state index is -0.340. The van der Waals surface area contributed by atoms with E-state index in [1.807, 2.05) is 18.3 Å². The van der Waals surface area contributed by atoms with Crippen LogP contribution < -0.4 is 5.32 Å². The molecule has 106 valence electrons. The summed E-state index contributed by atoms with van der Waals surface area (Å²) in [5, 5.41) is 3.03. The fraction of sp³-hybridized carbons (Fsp3) is 0.625. The second kappa shape index (κ2) is 4.55. The van der Waals surface area contributed by atoms with E-state index < -0.39 is 0 Å². The lowest BCUT2D eigenvalue weighted by molar-refractivity contribution is -0.122. The van der Waals surface area contributed by atoms with E-state index in [1.165, 1.54) is 25.9 Å². The van der Waals surface area contributed by atoms with Crippen LogP contribution in [0.3, 0.4) is 0 Å². The van der Waals surface area contributed by atoms with E-state index in [4.69, 9.17) is 0 Å². The second-order valence-electron chi connectivity index (χ2n) is 6.41. The molecule has 2 fully saturated rings. The Morgan fingerprint density at radius 3 is 2.75 bits per heavy atom. The minimum Gasteiger partial charge on any atom is -0.324 e. The lowest BCUT2D eigenvalue weighted by Gasteiger charge is -2.38. The molecule has 1 spiro atoms. The van der Waals surface area contributed by atoms with E-state index in [0.29, 0.717) is 6.04 Å². The van der Waals surface area contributed by atoms with Crippen LogP contribution >= 0.6 is 0 Å². The average Bonchev–Trinajstić information content (AvgIpc) is 3.09. The zero-order chi connectivity index (χ0) is 13.6. The summed E-state index contributed by atoms with van der Waals surface area (Å²) in [5.74, 6) is 0.172. The molecule has 4 nitrogen and oxygen atoms in total. The molecule has 1 N–H and O–H groups in total. The van der Waals surface area contributed by atoms with Gasteiger partial charge in [0.15, 0.2) is 0 Å². The average molecular weight is 271 g/mol. The van der Waals surface area contributed by atoms with Gasteiger partial charge in [0.05, 0.1) is 16.8 Å². The SMILES string of the molecule is O=C1Nc2cccnc2C12CCC(N1CCCC1)CC2. The fourth-order valence-electron chi connectivity index (χ4n) is 4.27. The third kappa shape index (κ3) is 1.71. The summed E-state index contributed by atoms with van der Waals surface area (Å²) >= 11 is 0. The summed E-state index contributed by atoms with van der Waals surface area (Å²) in [6.07, 6.45) is 8.65. The van der Waals surface area contributed by atoms with Crippen molar-refractivity contribution in [3.8, 4) is 0 Å². The van der Waals surface area contributed by atoms with Crippen molar-refractivity contribution < 1.29 is 4.79 Å². The van der Waals surface area contributed by atoms with Gasteiger partial charge in [0, 0.05) is 12.2 Å². The summed E-state index contributed by atoms with van der Waals surface area (Å²) in [4.78, 5) is 19.6. The molecule has 1 amide bonds. The van der Waals surface area contributed by atoms with E-state index in [1.54, 1.807) is 0 Å². The number of likely N-dealkylation sites (tertiary alicyclic amines) is 1. The number of amides is 1. The van der Waals surface area contributed by atoms with Crippen LogP contribution in [0.4, 0.5) is 5.69 Å². The number of carbonyl (C=O) groups is 1. The Hall–Kier alpha value is -1.42. The number of carbonyl (C=O) groups excluding carboxylic acids is 1. The first-order valence-corrected chi connectivity index (χ1v) is 7.81. The maximum atomic E-state index is 12.5. The summed E-state index contributed by atoms with van der Waals surface area (Å²) in [7, 11) is 0. The highest BCUT2D eigenvalue weighted by atomic mass is 16.2. The lowest BCUT2D eigenvalue weighted by atomic mass is 9.70. The lowest BCUT2D eigenvalue weighted by Crippen LogP contribution is -2.44. The van der Waals surface area contributed by atoms with Crippen LogP contribution in [0, 0.1) is 0 Å². The normalized spacial score (nSPS) is 33.4. The molecule has 0 bridgehead atoms. The molecule has 1 aliphatic carbocycles. The van der Waals surface area contributed by atoms with E-state index in [2.05, 4.69) is 15.2 Å². The van der Waals surface area contributed by atoms with Crippen molar-refractivity contribution in [2.75, 3.05) is 18.4 Å². The van der Waals surface area contributed by atoms with Crippen molar-refractivity contribution in [3.05, 3.63) is 24.0 Å². The molecule has 4 heteroatoms. The van der Waals surface area contributed by atoms with Crippen molar-refractivity contribution in [2.45, 2.75) is 50.0 Å². The van der Waals surface area contributed by atoms with Crippen molar-refractivity contribution in [1.29, 1.82) is 0 Å². The molecule has 0 unspecified atom stereocenters. The van der Waals surface area contributed by atoms with Gasteiger partial charge in [-0.3, -0.25) is 9.78 Å². The Kier molecular flexibility index (Phi) is 2.81. The van der Waals surface area contributed by atoms with Gasteiger partial charge in [-0.15, -0.1) is 0 Å². The molecule has 1 saturated heterocycles. The zero-order valence-corrected chi connectivity index (χ0v) is 11.8. The zero-order valence-electron chi connectivity index (χ0n) is 11.8. The highest BCUT2D eigenvalue weighted by Crippen LogP contribution is 2.47. The first-order chi connectivity index (χ1) is 9.79. The molecule has 1 saturated carbocycles. The molecule has 1 aromatic rings. The number of fused-ring (bicyclic) bond motifs is 2. The Balaban J connectivity index is 1.57. The molecule has 2 aliphatic heterocycles. The van der Waals surface area contributed by atoms with Gasteiger partial charge in [0.25, 0.3) is 0 Å². The van der Waals surface area contributed by atoms with Crippen molar-refractivity contribution in [1.82, 2.24) is 9.88 Å². The standard InChI is InChI=1S/C16H21N3O/c20-15-16(14-13(18-15)4-3-9-17-14)7-5-12(6-8-16)19-10-1-2-11-19/h3-4,9,12H,1-2,5-8,10-11H2,(H,18,20). The summed E-state index contributed by atoms with van der Waals surface area (Å²) in [6.45, 7) is 2.50. The van der Waals surface area contributed by atoms with Gasteiger partial charge in [-0.2, -0.15) is 0 Å². The molecule has 4 rings (SSSR count). The Morgan fingerprint density at radius 2 is 2.00 bits per heavy atom. The fourth-order valence-corrected chi connectivity index (χ4v) is 4.27. The van der Waals surface area contributed by atoms with Gasteiger partial charge in [-0.25, -0.2) is 0 Å². The second-order valence-corrected chi connectivity index (χ2v) is 6.41. The van der Waals surface area contributed by atoms with Crippen molar-refractivity contribution in [3.63, 3.8) is 0 Å². The summed E-state index contributed by atoms with van der Waals surface area (Å²) < 4.78 is 0. The van der Waals surface area contributed by atoms with Crippen molar-refractivity contribution in [2.24, 2.45) is 0 Å². The topological polar surface area (TPSA) is 45.2 Å². The number of nitrogens with zero attached hydrogens (tertiary/aromatic N) is 2. The van der Waals surface area contributed by atoms with Gasteiger partial charge in [-0.1, -0.05) is 0 Å². The molecular formula is C16H21N3O. The maximum Gasteiger partial charge on any atom is 0.236 e. The molecule has 1 aromatic heterocycles. The van der Waals surface area contributed by atoms with E-state index >= 15 is 0 Å². The molecule has 0 atom stereocenters. The van der Waals surface area contributed by atoms with Crippen LogP contribution in [0.2, 0.25) is 0 Å². The Morgan fingerprint density at radius 1 is 1.25 bits per heavy atom. The molecule has 0 radical (unpaired) electrons. The van der Waals surface area contributed by atoms with Gasteiger partial charge < -0.3 is 10.2 Å². The first kappa shape index (κ1) is 12.3. The van der Waals surface area contributed by atoms with Crippen LogP contribution in [0.5, 0.6) is 0 Å². The smallest absolute Gasteiger partial charge is 0.236 e. The van der Waals surface area contributed by atoms with Crippen LogP contribution in [0.15, 0.2) is 18.3 Å². The number of pyridine rings is 1. The van der Waals surface area contributed by atoms with Gasteiger partial charge in [0.2, 0.25) is 5.91 Å². The monoisotopic (exact) mass is 271 g/mol. The third-order valence-electron chi connectivity index (χ3n) is 5.41. The van der Waals surface area contributed by atoms with Gasteiger partial charge in [-0.05, 0) is 63.7 Å². The number of nitrogens with one attached hydrogen (secondary N) is 1. The number of anilines is 1. The molecule has 0 aromatic carbocycles. The predicted molar refractivity (Wildman–Crippen MR) is 77.6 cm³/mol. The number of hydrogen-bond acceptors (Lipinski definition) is 3. The van der Waals surface area contributed by atoms with E-state index in [-0.39, 0.29) is 11.3 Å². The van der Waals surface area contributed by atoms with Gasteiger partial charge >= 0.3 is 0 Å². The van der Waals surface area contributed by atoms with Crippen LogP contribution in [0.1, 0.15) is 44.2 Å².